The molecule has 4 rings (SSSR count). The molecule has 0 bridgehead atoms. The van der Waals surface area contributed by atoms with Gasteiger partial charge in [0.1, 0.15) is 0 Å². The number of carbonyl (C=O) groups is 1. The van der Waals surface area contributed by atoms with E-state index in [9.17, 15) is 18.3 Å². The number of hydrogen-bond acceptors (Lipinski definition) is 4. The Balaban J connectivity index is 2.20. The number of benzene rings is 2. The van der Waals surface area contributed by atoms with Crippen LogP contribution in [0.4, 0.5) is 0 Å². The zero-order chi connectivity index (χ0) is 20.2. The molecule has 2 heterocycles. The second-order valence-corrected chi connectivity index (χ2v) is 8.64. The van der Waals surface area contributed by atoms with E-state index < -0.39 is 16.0 Å². The van der Waals surface area contributed by atoms with Gasteiger partial charge in [0.2, 0.25) is 0 Å². The highest BCUT2D eigenvalue weighted by molar-refractivity contribution is 7.90. The molecule has 0 amide bonds. The van der Waals surface area contributed by atoms with Gasteiger partial charge in [-0.25, -0.2) is 22.2 Å². The van der Waals surface area contributed by atoms with Crippen molar-refractivity contribution in [1.29, 1.82) is 0 Å². The fourth-order valence-electron chi connectivity index (χ4n) is 3.63. The molecule has 28 heavy (non-hydrogen) atoms. The van der Waals surface area contributed by atoms with Gasteiger partial charge in [0.05, 0.1) is 22.1 Å². The molecule has 0 atom stereocenters. The Hall–Kier alpha value is -3.19. The Morgan fingerprint density at radius 3 is 2.29 bits per heavy atom. The molecule has 0 fully saturated rings. The van der Waals surface area contributed by atoms with E-state index in [0.717, 1.165) is 16.5 Å². The molecule has 0 spiro atoms. The van der Waals surface area contributed by atoms with Crippen LogP contribution in [0.5, 0.6) is 0 Å². The number of aryl methyl sites for hydroxylation is 3. The lowest BCUT2D eigenvalue weighted by atomic mass is 10.0. The summed E-state index contributed by atoms with van der Waals surface area (Å²) in [5, 5.41) is 10.8. The minimum atomic E-state index is -3.90. The van der Waals surface area contributed by atoms with Crippen molar-refractivity contribution in [3.63, 3.8) is 0 Å². The summed E-state index contributed by atoms with van der Waals surface area (Å²) in [6.45, 7) is 5.43. The fraction of sp³-hybridized carbons (Fsp3) is 0.143. The number of fused-ring (bicyclic) bond motifs is 3. The lowest BCUT2D eigenvalue weighted by molar-refractivity contribution is 0.0690. The van der Waals surface area contributed by atoms with Crippen molar-refractivity contribution in [3.05, 3.63) is 71.0 Å². The standard InChI is InChI=1S/C21H18N2O4S/c1-12-7-9-15(10-8-12)28(26,27)23-16-6-4-5-13(2)18(16)19-14(3)20(21(24)25)22-11-17(19)23/h4-11H,1-3H3,(H,24,25). The SMILES string of the molecule is Cc1ccc(S(=O)(=O)n2c3cccc(C)c3c3c(C)c(C(=O)O)ncc32)cc1. The van der Waals surface area contributed by atoms with E-state index in [-0.39, 0.29) is 10.6 Å². The monoisotopic (exact) mass is 394 g/mol. The van der Waals surface area contributed by atoms with Crippen molar-refractivity contribution in [2.75, 3.05) is 0 Å². The predicted molar refractivity (Wildman–Crippen MR) is 107 cm³/mol. The summed E-state index contributed by atoms with van der Waals surface area (Å²) in [6, 6.07) is 12.0. The number of carboxylic acid groups (broad SMARTS) is 1. The van der Waals surface area contributed by atoms with Crippen LogP contribution >= 0.6 is 0 Å². The molecule has 0 saturated carbocycles. The number of aromatic carboxylic acids is 1. The summed E-state index contributed by atoms with van der Waals surface area (Å²) in [4.78, 5) is 15.7. The Kier molecular flexibility index (Phi) is 4.01. The van der Waals surface area contributed by atoms with Crippen molar-refractivity contribution in [3.8, 4) is 0 Å². The third kappa shape index (κ3) is 2.51. The van der Waals surface area contributed by atoms with Crippen molar-refractivity contribution in [2.45, 2.75) is 25.7 Å². The van der Waals surface area contributed by atoms with Crippen LogP contribution in [0.1, 0.15) is 27.2 Å². The number of pyridine rings is 1. The molecule has 0 aliphatic rings. The lowest BCUT2D eigenvalue weighted by Crippen LogP contribution is -2.13. The van der Waals surface area contributed by atoms with Crippen LogP contribution in [0.3, 0.4) is 0 Å². The summed E-state index contributed by atoms with van der Waals surface area (Å²) >= 11 is 0. The Morgan fingerprint density at radius 2 is 1.64 bits per heavy atom. The highest BCUT2D eigenvalue weighted by Crippen LogP contribution is 2.36. The van der Waals surface area contributed by atoms with E-state index >= 15 is 0 Å². The average Bonchev–Trinajstić information content (AvgIpc) is 2.99. The first-order chi connectivity index (χ1) is 13.2. The third-order valence-corrected chi connectivity index (χ3v) is 6.74. The van der Waals surface area contributed by atoms with Crippen LogP contribution in [0.15, 0.2) is 53.6 Å². The molecule has 0 unspecified atom stereocenters. The average molecular weight is 394 g/mol. The van der Waals surface area contributed by atoms with E-state index in [1.165, 1.54) is 10.2 Å². The van der Waals surface area contributed by atoms with E-state index in [1.54, 1.807) is 43.3 Å². The van der Waals surface area contributed by atoms with E-state index in [2.05, 4.69) is 4.98 Å². The zero-order valence-electron chi connectivity index (χ0n) is 15.6. The van der Waals surface area contributed by atoms with Crippen LogP contribution < -0.4 is 0 Å². The molecule has 0 aliphatic carbocycles. The van der Waals surface area contributed by atoms with Gasteiger partial charge in [-0.1, -0.05) is 29.8 Å². The van der Waals surface area contributed by atoms with Crippen LogP contribution in [-0.2, 0) is 10.0 Å². The van der Waals surface area contributed by atoms with Crippen LogP contribution in [-0.4, -0.2) is 28.5 Å². The van der Waals surface area contributed by atoms with Gasteiger partial charge in [0.25, 0.3) is 10.0 Å². The topological polar surface area (TPSA) is 89.3 Å². The van der Waals surface area contributed by atoms with Crippen LogP contribution in [0.2, 0.25) is 0 Å². The first kappa shape index (κ1) is 18.2. The molecule has 4 aromatic rings. The summed E-state index contributed by atoms with van der Waals surface area (Å²) in [5.41, 5.74) is 3.06. The predicted octanol–water partition coefficient (Wildman–Crippen LogP) is 4.05. The number of rotatable bonds is 3. The van der Waals surface area contributed by atoms with Gasteiger partial charge in [0.15, 0.2) is 5.69 Å². The maximum absolute atomic E-state index is 13.5. The number of carboxylic acids is 1. The minimum absolute atomic E-state index is 0.0810. The molecule has 1 N–H and O–H groups in total. The number of hydrogen-bond donors (Lipinski definition) is 1. The Morgan fingerprint density at radius 1 is 0.964 bits per heavy atom. The number of aromatic nitrogens is 2. The van der Waals surface area contributed by atoms with Gasteiger partial charge < -0.3 is 5.11 Å². The van der Waals surface area contributed by atoms with E-state index in [1.807, 2.05) is 19.9 Å². The zero-order valence-corrected chi connectivity index (χ0v) is 16.4. The molecule has 2 aromatic heterocycles. The van der Waals surface area contributed by atoms with Gasteiger partial charge in [-0.05, 0) is 50.1 Å². The van der Waals surface area contributed by atoms with Gasteiger partial charge >= 0.3 is 5.97 Å². The fourth-order valence-corrected chi connectivity index (χ4v) is 5.13. The van der Waals surface area contributed by atoms with Gasteiger partial charge in [-0.2, -0.15) is 0 Å². The largest absolute Gasteiger partial charge is 0.477 e. The van der Waals surface area contributed by atoms with Crippen molar-refractivity contribution < 1.29 is 18.3 Å². The summed E-state index contributed by atoms with van der Waals surface area (Å²) in [5.74, 6) is -1.14. The summed E-state index contributed by atoms with van der Waals surface area (Å²) in [6.07, 6.45) is 1.33. The molecule has 142 valence electrons. The molecule has 6 nitrogen and oxygen atoms in total. The number of nitrogens with zero attached hydrogens (tertiary/aromatic N) is 2. The normalized spacial score (nSPS) is 12.0. The molecular weight excluding hydrogens is 376 g/mol. The molecule has 7 heteroatoms. The minimum Gasteiger partial charge on any atom is -0.477 e. The maximum Gasteiger partial charge on any atom is 0.354 e. The maximum atomic E-state index is 13.5. The smallest absolute Gasteiger partial charge is 0.354 e. The van der Waals surface area contributed by atoms with E-state index in [0.29, 0.717) is 22.0 Å². The van der Waals surface area contributed by atoms with Gasteiger partial charge in [0, 0.05) is 10.8 Å². The Bertz CT molecular complexity index is 1370. The lowest BCUT2D eigenvalue weighted by Gasteiger charge is -2.10. The molecular formula is C21H18N2O4S. The van der Waals surface area contributed by atoms with E-state index in [4.69, 9.17) is 0 Å². The Labute approximate surface area is 162 Å². The van der Waals surface area contributed by atoms with Gasteiger partial charge in [-0.15, -0.1) is 0 Å². The quantitative estimate of drug-likeness (QED) is 0.566. The third-order valence-electron chi connectivity index (χ3n) is 5.00. The second kappa shape index (κ2) is 6.17. The highest BCUT2D eigenvalue weighted by atomic mass is 32.2. The van der Waals surface area contributed by atoms with Gasteiger partial charge in [-0.3, -0.25) is 0 Å². The van der Waals surface area contributed by atoms with Crippen LogP contribution in [0, 0.1) is 20.8 Å². The summed E-state index contributed by atoms with van der Waals surface area (Å²) < 4.78 is 28.3. The first-order valence-corrected chi connectivity index (χ1v) is 10.1. The molecule has 0 aliphatic heterocycles. The molecule has 2 aromatic carbocycles. The van der Waals surface area contributed by atoms with Crippen molar-refractivity contribution >= 4 is 37.8 Å². The molecule has 0 radical (unpaired) electrons. The summed E-state index contributed by atoms with van der Waals surface area (Å²) in [7, 11) is -3.90. The first-order valence-electron chi connectivity index (χ1n) is 8.68. The van der Waals surface area contributed by atoms with Crippen molar-refractivity contribution in [2.24, 2.45) is 0 Å². The van der Waals surface area contributed by atoms with Crippen LogP contribution in [0.25, 0.3) is 21.8 Å². The highest BCUT2D eigenvalue weighted by Gasteiger charge is 2.26. The second-order valence-electron chi connectivity index (χ2n) is 6.85. The van der Waals surface area contributed by atoms with Crippen molar-refractivity contribution in [1.82, 2.24) is 8.96 Å². The molecule has 0 saturated heterocycles.